The molecule has 1 unspecified atom stereocenters. The smallest absolute Gasteiger partial charge is 0.341 e. The number of nitrogens with one attached hydrogen (secondary N) is 1. The molecule has 222 valence electrons. The number of nitrogens with zero attached hydrogens (tertiary/aromatic N) is 6. The second kappa shape index (κ2) is 12.4. The molecule has 5 rings (SSSR count). The lowest BCUT2D eigenvalue weighted by atomic mass is 10.1. The number of likely N-dealkylation sites (tertiary alicyclic amines) is 1. The van der Waals surface area contributed by atoms with Crippen LogP contribution in [0.25, 0.3) is 22.2 Å². The van der Waals surface area contributed by atoms with Crippen molar-refractivity contribution < 1.29 is 19.2 Å². The fraction of sp³-hybridized carbons (Fsp3) is 0.367. The molecule has 0 saturated carbocycles. The first-order valence-electron chi connectivity index (χ1n) is 13.3. The first-order valence-corrected chi connectivity index (χ1v) is 13.3. The van der Waals surface area contributed by atoms with Crippen LogP contribution in [0.3, 0.4) is 0 Å². The van der Waals surface area contributed by atoms with Crippen LogP contribution in [0.2, 0.25) is 0 Å². The summed E-state index contributed by atoms with van der Waals surface area (Å²) in [5.74, 6) is -0.0422. The predicted molar refractivity (Wildman–Crippen MR) is 164 cm³/mol. The largest absolute Gasteiger partial charge is 0.494 e. The molecule has 0 spiro atoms. The molecule has 3 heterocycles. The van der Waals surface area contributed by atoms with E-state index in [9.17, 15) is 14.9 Å². The van der Waals surface area contributed by atoms with Gasteiger partial charge in [0.05, 0.1) is 30.5 Å². The summed E-state index contributed by atoms with van der Waals surface area (Å²) in [4.78, 5) is 37.6. The summed E-state index contributed by atoms with van der Waals surface area (Å²) in [5, 5.41) is 16.1. The maximum atomic E-state index is 12.7. The van der Waals surface area contributed by atoms with Crippen molar-refractivity contribution in [3.05, 3.63) is 64.5 Å². The van der Waals surface area contributed by atoms with Gasteiger partial charge in [0.2, 0.25) is 5.95 Å². The molecular weight excluding hydrogens is 538 g/mol. The van der Waals surface area contributed by atoms with Crippen LogP contribution in [0, 0.1) is 10.1 Å². The average Bonchev–Trinajstić information content (AvgIpc) is 3.54. The Hall–Kier alpha value is -4.71. The quantitative estimate of drug-likeness (QED) is 0.161. The molecule has 1 fully saturated rings. The minimum Gasteiger partial charge on any atom is -0.494 e. The van der Waals surface area contributed by atoms with Crippen LogP contribution in [0.1, 0.15) is 30.6 Å². The van der Waals surface area contributed by atoms with Crippen LogP contribution in [0.4, 0.5) is 23.0 Å². The van der Waals surface area contributed by atoms with E-state index < -0.39 is 10.9 Å². The second-order valence-corrected chi connectivity index (χ2v) is 10.2. The number of carbonyl (C=O) groups is 1. The van der Waals surface area contributed by atoms with Crippen LogP contribution in [0.5, 0.6) is 5.75 Å². The van der Waals surface area contributed by atoms with Gasteiger partial charge < -0.3 is 29.2 Å². The van der Waals surface area contributed by atoms with Gasteiger partial charge in [-0.05, 0) is 32.5 Å². The maximum Gasteiger partial charge on any atom is 0.341 e. The molecule has 1 N–H and O–H groups in total. The van der Waals surface area contributed by atoms with Crippen molar-refractivity contribution in [3.8, 4) is 17.0 Å². The van der Waals surface area contributed by atoms with Crippen LogP contribution in [-0.2, 0) is 11.8 Å². The minimum absolute atomic E-state index is 0. The van der Waals surface area contributed by atoms with Gasteiger partial charge in [0.15, 0.2) is 0 Å². The SMILES string of the molecule is C.COC(=O)c1cnc(Nc2cc([N+](=O)[O-])c(N(C)CC3CCCN3C)cc2OC)nc1-c1cn(C)c2ccccc12. The lowest BCUT2D eigenvalue weighted by molar-refractivity contribution is -0.384. The van der Waals surface area contributed by atoms with Crippen LogP contribution >= 0.6 is 0 Å². The Morgan fingerprint density at radius 3 is 2.67 bits per heavy atom. The van der Waals surface area contributed by atoms with E-state index in [0.717, 1.165) is 35.9 Å². The molecule has 1 atom stereocenters. The molecule has 42 heavy (non-hydrogen) atoms. The number of hydrogen-bond acceptors (Lipinski definition) is 10. The van der Waals surface area contributed by atoms with Crippen LogP contribution in [0.15, 0.2) is 48.8 Å². The summed E-state index contributed by atoms with van der Waals surface area (Å²) in [7, 11) is 8.65. The lowest BCUT2D eigenvalue weighted by Gasteiger charge is -2.27. The Balaban J connectivity index is 0.00000405. The number of ether oxygens (including phenoxy) is 2. The fourth-order valence-corrected chi connectivity index (χ4v) is 5.46. The van der Waals surface area contributed by atoms with E-state index in [-0.39, 0.29) is 24.6 Å². The number of nitro benzene ring substituents is 1. The van der Waals surface area contributed by atoms with Crippen molar-refractivity contribution >= 4 is 39.9 Å². The Morgan fingerprint density at radius 1 is 1.24 bits per heavy atom. The molecule has 1 aliphatic heterocycles. The summed E-state index contributed by atoms with van der Waals surface area (Å²) in [6.07, 6.45) is 5.43. The molecule has 4 aromatic rings. The zero-order valence-corrected chi connectivity index (χ0v) is 23.7. The number of aromatic nitrogens is 3. The van der Waals surface area contributed by atoms with Gasteiger partial charge >= 0.3 is 5.97 Å². The summed E-state index contributed by atoms with van der Waals surface area (Å²) in [6.45, 7) is 1.67. The number of likely N-dealkylation sites (N-methyl/N-ethyl adjacent to an activating group) is 2. The number of hydrogen-bond donors (Lipinski definition) is 1. The number of methoxy groups -OCH3 is 2. The summed E-state index contributed by atoms with van der Waals surface area (Å²) < 4.78 is 12.6. The van der Waals surface area contributed by atoms with Gasteiger partial charge in [-0.1, -0.05) is 25.6 Å². The van der Waals surface area contributed by atoms with Crippen molar-refractivity contribution in [1.82, 2.24) is 19.4 Å². The van der Waals surface area contributed by atoms with Gasteiger partial charge in [-0.25, -0.2) is 14.8 Å². The Bertz CT molecular complexity index is 1620. The van der Waals surface area contributed by atoms with Gasteiger partial charge in [-0.2, -0.15) is 0 Å². The average molecular weight is 576 g/mol. The van der Waals surface area contributed by atoms with Gasteiger partial charge in [0.1, 0.15) is 17.0 Å². The molecule has 0 bridgehead atoms. The molecular formula is C30H37N7O5. The number of carbonyl (C=O) groups excluding carboxylic acids is 1. The minimum atomic E-state index is -0.576. The standard InChI is InChI=1S/C29H33N7O5.CH4/c1-33-12-8-9-18(33)16-34(2)24-14-26(40-4)22(13-25(24)36(38)39)31-29-30-15-20(28(37)41-5)27(32-29)21-17-35(3)23-11-7-6-10-19(21)23;/h6-7,10-11,13-15,17-18H,8-9,12,16H2,1-5H3,(H,30,31,32);1H4. The van der Waals surface area contributed by atoms with Gasteiger partial charge in [-0.3, -0.25) is 10.1 Å². The Morgan fingerprint density at radius 2 is 2.00 bits per heavy atom. The zero-order valence-electron chi connectivity index (χ0n) is 23.7. The van der Waals surface area contributed by atoms with Crippen molar-refractivity contribution in [2.45, 2.75) is 26.3 Å². The third kappa shape index (κ3) is 5.70. The zero-order chi connectivity index (χ0) is 29.3. The van der Waals surface area contributed by atoms with Crippen molar-refractivity contribution in [2.24, 2.45) is 7.05 Å². The van der Waals surface area contributed by atoms with Gasteiger partial charge in [-0.15, -0.1) is 0 Å². The number of fused-ring (bicyclic) bond motifs is 1. The number of esters is 1. The third-order valence-corrected chi connectivity index (χ3v) is 7.65. The molecule has 2 aromatic carbocycles. The highest BCUT2D eigenvalue weighted by atomic mass is 16.6. The van der Waals surface area contributed by atoms with Crippen molar-refractivity contribution in [2.75, 3.05) is 51.6 Å². The Kier molecular flexibility index (Phi) is 8.96. The molecule has 12 heteroatoms. The highest BCUT2D eigenvalue weighted by molar-refractivity contribution is 6.02. The Labute approximate surface area is 245 Å². The highest BCUT2D eigenvalue weighted by Crippen LogP contribution is 2.40. The summed E-state index contributed by atoms with van der Waals surface area (Å²) >= 11 is 0. The summed E-state index contributed by atoms with van der Waals surface area (Å²) in [5.41, 5.74) is 2.96. The predicted octanol–water partition coefficient (Wildman–Crippen LogP) is 5.25. The van der Waals surface area contributed by atoms with E-state index in [0.29, 0.717) is 35.4 Å². The fourth-order valence-electron chi connectivity index (χ4n) is 5.46. The van der Waals surface area contributed by atoms with E-state index in [1.165, 1.54) is 26.5 Å². The molecule has 0 radical (unpaired) electrons. The van der Waals surface area contributed by atoms with Crippen molar-refractivity contribution in [3.63, 3.8) is 0 Å². The monoisotopic (exact) mass is 575 g/mol. The van der Waals surface area contributed by atoms with E-state index in [4.69, 9.17) is 9.47 Å². The van der Waals surface area contributed by atoms with Gasteiger partial charge in [0, 0.05) is 67.7 Å². The number of para-hydroxylation sites is 1. The topological polar surface area (TPSA) is 128 Å². The highest BCUT2D eigenvalue weighted by Gasteiger charge is 2.27. The molecule has 0 amide bonds. The normalized spacial score (nSPS) is 14.8. The first-order chi connectivity index (χ1) is 19.7. The molecule has 1 aliphatic rings. The van der Waals surface area contributed by atoms with E-state index in [1.54, 1.807) is 6.07 Å². The molecule has 0 aliphatic carbocycles. The van der Waals surface area contributed by atoms with E-state index in [1.807, 2.05) is 54.0 Å². The third-order valence-electron chi connectivity index (χ3n) is 7.65. The number of aryl methyl sites for hydroxylation is 1. The molecule has 1 saturated heterocycles. The van der Waals surface area contributed by atoms with E-state index in [2.05, 4.69) is 27.2 Å². The van der Waals surface area contributed by atoms with Crippen LogP contribution < -0.4 is 15.0 Å². The molecule has 12 nitrogen and oxygen atoms in total. The maximum absolute atomic E-state index is 12.7. The second-order valence-electron chi connectivity index (χ2n) is 10.2. The number of nitro groups is 1. The van der Waals surface area contributed by atoms with Gasteiger partial charge in [0.25, 0.3) is 5.69 Å². The molecule has 2 aromatic heterocycles. The number of benzene rings is 2. The van der Waals surface area contributed by atoms with Crippen molar-refractivity contribution in [1.29, 1.82) is 0 Å². The van der Waals surface area contributed by atoms with E-state index >= 15 is 0 Å². The van der Waals surface area contributed by atoms with Crippen LogP contribution in [-0.4, -0.2) is 77.8 Å². The lowest BCUT2D eigenvalue weighted by Crippen LogP contribution is -2.36. The summed E-state index contributed by atoms with van der Waals surface area (Å²) in [6, 6.07) is 11.2. The first kappa shape index (κ1) is 30.3. The number of anilines is 3. The number of rotatable bonds is 9.